The van der Waals surface area contributed by atoms with Gasteiger partial charge in [-0.3, -0.25) is 4.79 Å². The van der Waals surface area contributed by atoms with E-state index < -0.39 is 5.60 Å². The summed E-state index contributed by atoms with van der Waals surface area (Å²) in [4.78, 5) is 28.4. The molecule has 1 aliphatic heterocycles. The van der Waals surface area contributed by atoms with Gasteiger partial charge in [0.25, 0.3) is 0 Å². The summed E-state index contributed by atoms with van der Waals surface area (Å²) in [5.41, 5.74) is 1.46. The van der Waals surface area contributed by atoms with Gasteiger partial charge in [-0.1, -0.05) is 32.1 Å². The van der Waals surface area contributed by atoms with E-state index in [1.165, 1.54) is 32.1 Å². The molecule has 2 fully saturated rings. The number of carbonyl (C=O) groups excluding carboxylic acids is 2. The number of fused-ring (bicyclic) bond motifs is 1. The van der Waals surface area contributed by atoms with Crippen molar-refractivity contribution in [3.63, 3.8) is 0 Å². The second-order valence-corrected chi connectivity index (χ2v) is 9.76. The van der Waals surface area contributed by atoms with Gasteiger partial charge in [0.2, 0.25) is 5.91 Å². The molecular formula is C24H34ClN3O3. The van der Waals surface area contributed by atoms with E-state index in [2.05, 4.69) is 15.6 Å². The number of esters is 1. The molecule has 1 saturated heterocycles. The van der Waals surface area contributed by atoms with Gasteiger partial charge < -0.3 is 20.4 Å². The molecular weight excluding hydrogens is 414 g/mol. The monoisotopic (exact) mass is 447 g/mol. The maximum Gasteiger partial charge on any atom is 0.355 e. The standard InChI is InChI=1S/C24H33N3O3.ClH/c1-24(2,3)30-23(29)20-14-16-13-17(9-10-19(16)27-20)26-22(28)21-18(11-12-25-21)15-7-5-4-6-8-15;/h9-10,13-15,18,21,25,27H,4-8,11-12H2,1-3H3,(H,26,28);1H/t18-,21-;/m0./s1. The molecule has 4 rings (SSSR count). The van der Waals surface area contributed by atoms with E-state index in [9.17, 15) is 9.59 Å². The first-order valence-corrected chi connectivity index (χ1v) is 11.2. The fourth-order valence-corrected chi connectivity index (χ4v) is 4.95. The molecule has 7 heteroatoms. The van der Waals surface area contributed by atoms with E-state index in [0.29, 0.717) is 17.5 Å². The van der Waals surface area contributed by atoms with Gasteiger partial charge in [-0.25, -0.2) is 4.79 Å². The maximum atomic E-state index is 13.0. The SMILES string of the molecule is CC(C)(C)OC(=O)c1cc2cc(NC(=O)[C@H]3NCC[C@H]3C3CCCCC3)ccc2[nH]1.Cl. The maximum absolute atomic E-state index is 13.0. The Balaban J connectivity index is 0.00000272. The van der Waals surface area contributed by atoms with Crippen LogP contribution in [0, 0.1) is 11.8 Å². The van der Waals surface area contributed by atoms with Crippen LogP contribution in [0.4, 0.5) is 5.69 Å². The molecule has 31 heavy (non-hydrogen) atoms. The van der Waals surface area contributed by atoms with Crippen molar-refractivity contribution in [1.29, 1.82) is 0 Å². The number of benzene rings is 1. The van der Waals surface area contributed by atoms with Crippen LogP contribution in [-0.2, 0) is 9.53 Å². The Labute approximate surface area is 190 Å². The molecule has 2 aromatic rings. The highest BCUT2D eigenvalue weighted by Crippen LogP contribution is 2.36. The lowest BCUT2D eigenvalue weighted by molar-refractivity contribution is -0.119. The first-order chi connectivity index (χ1) is 14.3. The Hall–Kier alpha value is -2.05. The number of hydrogen-bond acceptors (Lipinski definition) is 4. The number of nitrogens with one attached hydrogen (secondary N) is 3. The number of ether oxygens (including phenoxy) is 1. The summed E-state index contributed by atoms with van der Waals surface area (Å²) in [5, 5.41) is 7.38. The number of carbonyl (C=O) groups is 2. The van der Waals surface area contributed by atoms with Gasteiger partial charge in [-0.15, -0.1) is 12.4 Å². The molecule has 1 aliphatic carbocycles. The normalized spacial score (nSPS) is 22.2. The third-order valence-corrected chi connectivity index (χ3v) is 6.31. The van der Waals surface area contributed by atoms with E-state index >= 15 is 0 Å². The van der Waals surface area contributed by atoms with Crippen molar-refractivity contribution in [2.45, 2.75) is 70.9 Å². The Morgan fingerprint density at radius 1 is 1.06 bits per heavy atom. The zero-order valence-corrected chi connectivity index (χ0v) is 19.4. The summed E-state index contributed by atoms with van der Waals surface area (Å²) in [5.74, 6) is 0.758. The van der Waals surface area contributed by atoms with Crippen molar-refractivity contribution in [3.05, 3.63) is 30.0 Å². The molecule has 0 bridgehead atoms. The number of aromatic nitrogens is 1. The molecule has 0 spiro atoms. The lowest BCUT2D eigenvalue weighted by atomic mass is 9.76. The largest absolute Gasteiger partial charge is 0.455 e. The van der Waals surface area contributed by atoms with Crippen molar-refractivity contribution < 1.29 is 14.3 Å². The van der Waals surface area contributed by atoms with Crippen LogP contribution in [0.5, 0.6) is 0 Å². The van der Waals surface area contributed by atoms with E-state index in [-0.39, 0.29) is 30.3 Å². The van der Waals surface area contributed by atoms with Crippen LogP contribution >= 0.6 is 12.4 Å². The topological polar surface area (TPSA) is 83.2 Å². The molecule has 0 radical (unpaired) electrons. The van der Waals surface area contributed by atoms with E-state index in [0.717, 1.165) is 29.6 Å². The summed E-state index contributed by atoms with van der Waals surface area (Å²) in [6.07, 6.45) is 7.49. The smallest absolute Gasteiger partial charge is 0.355 e. The molecule has 0 unspecified atom stereocenters. The van der Waals surface area contributed by atoms with Gasteiger partial charge in [-0.05, 0) is 69.8 Å². The molecule has 3 N–H and O–H groups in total. The van der Waals surface area contributed by atoms with Crippen LogP contribution in [0.15, 0.2) is 24.3 Å². The average molecular weight is 448 g/mol. The molecule has 170 valence electrons. The fraction of sp³-hybridized carbons (Fsp3) is 0.583. The van der Waals surface area contributed by atoms with Crippen molar-refractivity contribution in [2.24, 2.45) is 11.8 Å². The van der Waals surface area contributed by atoms with Crippen molar-refractivity contribution in [2.75, 3.05) is 11.9 Å². The molecule has 2 atom stereocenters. The second kappa shape index (κ2) is 9.61. The van der Waals surface area contributed by atoms with E-state index in [4.69, 9.17) is 4.74 Å². The van der Waals surface area contributed by atoms with Crippen LogP contribution in [0.3, 0.4) is 0 Å². The van der Waals surface area contributed by atoms with E-state index in [1.807, 2.05) is 39.0 Å². The number of H-pyrrole nitrogens is 1. The Bertz CT molecular complexity index is 928. The third kappa shape index (κ3) is 5.60. The molecule has 1 aromatic carbocycles. The van der Waals surface area contributed by atoms with Crippen LogP contribution in [0.2, 0.25) is 0 Å². The second-order valence-electron chi connectivity index (χ2n) is 9.76. The minimum absolute atomic E-state index is 0. The average Bonchev–Trinajstić information content (AvgIpc) is 3.34. The number of hydrogen-bond donors (Lipinski definition) is 3. The number of aromatic amines is 1. The van der Waals surface area contributed by atoms with Gasteiger partial charge in [-0.2, -0.15) is 0 Å². The van der Waals surface area contributed by atoms with Crippen LogP contribution < -0.4 is 10.6 Å². The Kier molecular flexibility index (Phi) is 7.32. The summed E-state index contributed by atoms with van der Waals surface area (Å²) >= 11 is 0. The number of anilines is 1. The number of halogens is 1. The van der Waals surface area contributed by atoms with Gasteiger partial charge in [0.15, 0.2) is 0 Å². The highest BCUT2D eigenvalue weighted by Gasteiger charge is 2.38. The molecule has 1 saturated carbocycles. The number of amides is 1. The fourth-order valence-electron chi connectivity index (χ4n) is 4.95. The van der Waals surface area contributed by atoms with Gasteiger partial charge in [0, 0.05) is 16.6 Å². The quantitative estimate of drug-likeness (QED) is 0.573. The van der Waals surface area contributed by atoms with E-state index in [1.54, 1.807) is 6.07 Å². The zero-order chi connectivity index (χ0) is 21.3. The third-order valence-electron chi connectivity index (χ3n) is 6.31. The molecule has 6 nitrogen and oxygen atoms in total. The predicted octanol–water partition coefficient (Wildman–Crippen LogP) is 5.04. The summed E-state index contributed by atoms with van der Waals surface area (Å²) in [6.45, 7) is 6.45. The summed E-state index contributed by atoms with van der Waals surface area (Å²) in [6, 6.07) is 7.33. The Morgan fingerprint density at radius 2 is 1.81 bits per heavy atom. The Morgan fingerprint density at radius 3 is 2.52 bits per heavy atom. The minimum Gasteiger partial charge on any atom is -0.455 e. The molecule has 2 heterocycles. The highest BCUT2D eigenvalue weighted by atomic mass is 35.5. The van der Waals surface area contributed by atoms with Crippen LogP contribution in [-0.4, -0.2) is 35.0 Å². The molecule has 1 aromatic heterocycles. The molecule has 1 amide bonds. The lowest BCUT2D eigenvalue weighted by Gasteiger charge is -2.30. The van der Waals surface area contributed by atoms with Crippen molar-refractivity contribution in [1.82, 2.24) is 10.3 Å². The first-order valence-electron chi connectivity index (χ1n) is 11.2. The van der Waals surface area contributed by atoms with Crippen LogP contribution in [0.25, 0.3) is 10.9 Å². The number of rotatable bonds is 4. The summed E-state index contributed by atoms with van der Waals surface area (Å²) < 4.78 is 5.44. The minimum atomic E-state index is -0.545. The molecule has 2 aliphatic rings. The van der Waals surface area contributed by atoms with Crippen molar-refractivity contribution >= 4 is 40.9 Å². The van der Waals surface area contributed by atoms with Crippen LogP contribution in [0.1, 0.15) is 69.8 Å². The van der Waals surface area contributed by atoms with Gasteiger partial charge in [0.05, 0.1) is 6.04 Å². The zero-order valence-electron chi connectivity index (χ0n) is 18.6. The lowest BCUT2D eigenvalue weighted by Crippen LogP contribution is -2.42. The highest BCUT2D eigenvalue weighted by molar-refractivity contribution is 5.99. The van der Waals surface area contributed by atoms with Gasteiger partial charge >= 0.3 is 5.97 Å². The summed E-state index contributed by atoms with van der Waals surface area (Å²) in [7, 11) is 0. The predicted molar refractivity (Wildman–Crippen MR) is 126 cm³/mol. The first kappa shape index (κ1) is 23.6. The van der Waals surface area contributed by atoms with Crippen molar-refractivity contribution in [3.8, 4) is 0 Å². The van der Waals surface area contributed by atoms with Gasteiger partial charge in [0.1, 0.15) is 11.3 Å².